The van der Waals surface area contributed by atoms with Crippen LogP contribution in [-0.4, -0.2) is 29.6 Å². The number of benzene rings is 1. The molecule has 0 bridgehead atoms. The number of carbonyl (C=O) groups excluding carboxylic acids is 1. The fourth-order valence-corrected chi connectivity index (χ4v) is 2.68. The van der Waals surface area contributed by atoms with Gasteiger partial charge in [0.15, 0.2) is 0 Å². The molecule has 5 nitrogen and oxygen atoms in total. The highest BCUT2D eigenvalue weighted by molar-refractivity contribution is 5.91. The number of urea groups is 1. The van der Waals surface area contributed by atoms with Crippen LogP contribution in [0.15, 0.2) is 42.7 Å². The molecule has 128 valence electrons. The Morgan fingerprint density at radius 3 is 2.58 bits per heavy atom. The molecule has 1 aromatic heterocycles. The molecule has 0 aliphatic heterocycles. The van der Waals surface area contributed by atoms with Crippen molar-refractivity contribution in [3.05, 3.63) is 54.1 Å². The van der Waals surface area contributed by atoms with E-state index in [1.54, 1.807) is 17.3 Å². The van der Waals surface area contributed by atoms with Crippen LogP contribution in [0.5, 0.6) is 5.75 Å². The van der Waals surface area contributed by atoms with Gasteiger partial charge < -0.3 is 15.0 Å². The van der Waals surface area contributed by atoms with Crippen molar-refractivity contribution in [1.82, 2.24) is 9.88 Å². The summed E-state index contributed by atoms with van der Waals surface area (Å²) in [4.78, 5) is 18.5. The maximum atomic E-state index is 13.3. The summed E-state index contributed by atoms with van der Waals surface area (Å²) in [5.74, 6) is -0.128. The minimum absolute atomic E-state index is 0.0653. The van der Waals surface area contributed by atoms with Crippen LogP contribution in [0.1, 0.15) is 31.9 Å². The Morgan fingerprint density at radius 1 is 1.29 bits per heavy atom. The van der Waals surface area contributed by atoms with E-state index >= 15 is 0 Å². The van der Waals surface area contributed by atoms with Crippen molar-refractivity contribution in [2.45, 2.75) is 26.3 Å². The number of nitrogens with one attached hydrogen (secondary N) is 1. The van der Waals surface area contributed by atoms with Crippen LogP contribution in [0.2, 0.25) is 0 Å². The Labute approximate surface area is 141 Å². The molecular weight excluding hydrogens is 309 g/mol. The summed E-state index contributed by atoms with van der Waals surface area (Å²) >= 11 is 0. The van der Waals surface area contributed by atoms with E-state index in [-0.39, 0.29) is 17.8 Å². The molecule has 1 heterocycles. The molecule has 0 saturated carbocycles. The lowest BCUT2D eigenvalue weighted by atomic mass is 10.0. The van der Waals surface area contributed by atoms with Gasteiger partial charge in [0.05, 0.1) is 18.8 Å². The second kappa shape index (κ2) is 8.29. The summed E-state index contributed by atoms with van der Waals surface area (Å²) in [6.45, 7) is 4.49. The number of ether oxygens (including phenoxy) is 1. The topological polar surface area (TPSA) is 54.5 Å². The number of rotatable bonds is 6. The first-order valence-corrected chi connectivity index (χ1v) is 7.91. The third-order valence-electron chi connectivity index (χ3n) is 3.86. The van der Waals surface area contributed by atoms with Gasteiger partial charge in [0.2, 0.25) is 0 Å². The van der Waals surface area contributed by atoms with Gasteiger partial charge in [-0.1, -0.05) is 6.92 Å². The fraction of sp³-hybridized carbons (Fsp3) is 0.333. The average molecular weight is 331 g/mol. The standard InChI is InChI=1S/C18H22FN3O2/c1-4-16(13-8-10-20-11-9-13)22(5-2)18(23)21-15-7-6-14(19)12-17(15)24-3/h6-12,16H,4-5H2,1-3H3,(H,21,23). The van der Waals surface area contributed by atoms with Crippen LogP contribution >= 0.6 is 0 Å². The van der Waals surface area contributed by atoms with Crippen LogP contribution in [0.3, 0.4) is 0 Å². The van der Waals surface area contributed by atoms with E-state index in [0.717, 1.165) is 12.0 Å². The van der Waals surface area contributed by atoms with Crippen molar-refractivity contribution < 1.29 is 13.9 Å². The first-order chi connectivity index (χ1) is 11.6. The lowest BCUT2D eigenvalue weighted by Crippen LogP contribution is -2.38. The predicted molar refractivity (Wildman–Crippen MR) is 91.6 cm³/mol. The van der Waals surface area contributed by atoms with Crippen LogP contribution in [0, 0.1) is 5.82 Å². The van der Waals surface area contributed by atoms with Gasteiger partial charge in [0.25, 0.3) is 0 Å². The molecule has 0 fully saturated rings. The molecule has 1 unspecified atom stereocenters. The summed E-state index contributed by atoms with van der Waals surface area (Å²) in [5, 5.41) is 2.80. The second-order valence-corrected chi connectivity index (χ2v) is 5.27. The normalized spacial score (nSPS) is 11.7. The van der Waals surface area contributed by atoms with Gasteiger partial charge in [-0.25, -0.2) is 9.18 Å². The molecule has 2 aromatic rings. The van der Waals surface area contributed by atoms with Gasteiger partial charge in [0.1, 0.15) is 11.6 Å². The number of methoxy groups -OCH3 is 1. The highest BCUT2D eigenvalue weighted by atomic mass is 19.1. The lowest BCUT2D eigenvalue weighted by Gasteiger charge is -2.30. The van der Waals surface area contributed by atoms with Crippen molar-refractivity contribution in [3.63, 3.8) is 0 Å². The molecule has 0 spiro atoms. The molecule has 24 heavy (non-hydrogen) atoms. The summed E-state index contributed by atoms with van der Waals surface area (Å²) in [6.07, 6.45) is 4.20. The number of nitrogens with zero attached hydrogens (tertiary/aromatic N) is 2. The molecule has 0 radical (unpaired) electrons. The minimum Gasteiger partial charge on any atom is -0.494 e. The van der Waals surface area contributed by atoms with Crippen LogP contribution in [0.4, 0.5) is 14.9 Å². The van der Waals surface area contributed by atoms with Crippen molar-refractivity contribution in [1.29, 1.82) is 0 Å². The van der Waals surface area contributed by atoms with Crippen molar-refractivity contribution in [2.75, 3.05) is 19.0 Å². The number of hydrogen-bond acceptors (Lipinski definition) is 3. The van der Waals surface area contributed by atoms with E-state index in [4.69, 9.17) is 4.74 Å². The van der Waals surface area contributed by atoms with Gasteiger partial charge in [0, 0.05) is 25.0 Å². The fourth-order valence-electron chi connectivity index (χ4n) is 2.68. The van der Waals surface area contributed by atoms with Crippen molar-refractivity contribution in [2.24, 2.45) is 0 Å². The van der Waals surface area contributed by atoms with E-state index < -0.39 is 5.82 Å². The van der Waals surface area contributed by atoms with E-state index in [0.29, 0.717) is 12.2 Å². The highest BCUT2D eigenvalue weighted by Crippen LogP contribution is 2.28. The molecule has 6 heteroatoms. The Morgan fingerprint density at radius 2 is 2.00 bits per heavy atom. The summed E-state index contributed by atoms with van der Waals surface area (Å²) < 4.78 is 18.4. The molecule has 1 atom stereocenters. The van der Waals surface area contributed by atoms with Crippen molar-refractivity contribution in [3.8, 4) is 5.75 Å². The zero-order chi connectivity index (χ0) is 17.5. The number of pyridine rings is 1. The zero-order valence-electron chi connectivity index (χ0n) is 14.1. The number of aromatic nitrogens is 1. The molecular formula is C18H22FN3O2. The van der Waals surface area contributed by atoms with Gasteiger partial charge in [-0.05, 0) is 43.2 Å². The molecule has 0 aliphatic carbocycles. The minimum atomic E-state index is -0.416. The predicted octanol–water partition coefficient (Wildman–Crippen LogP) is 4.23. The third-order valence-corrected chi connectivity index (χ3v) is 3.86. The quantitative estimate of drug-likeness (QED) is 0.861. The van der Waals surface area contributed by atoms with Gasteiger partial charge >= 0.3 is 6.03 Å². The largest absolute Gasteiger partial charge is 0.494 e. The zero-order valence-corrected chi connectivity index (χ0v) is 14.1. The maximum Gasteiger partial charge on any atom is 0.322 e. The highest BCUT2D eigenvalue weighted by Gasteiger charge is 2.23. The number of amides is 2. The molecule has 2 rings (SSSR count). The van der Waals surface area contributed by atoms with Crippen molar-refractivity contribution >= 4 is 11.7 Å². The van der Waals surface area contributed by atoms with Crippen LogP contribution < -0.4 is 10.1 Å². The number of anilines is 1. The SMILES string of the molecule is CCC(c1ccncc1)N(CC)C(=O)Nc1ccc(F)cc1OC. The van der Waals surface area contributed by atoms with Crippen LogP contribution in [0.25, 0.3) is 0 Å². The Kier molecular flexibility index (Phi) is 6.12. The molecule has 1 N–H and O–H groups in total. The van der Waals surface area contributed by atoms with E-state index in [9.17, 15) is 9.18 Å². The number of hydrogen-bond donors (Lipinski definition) is 1. The van der Waals surface area contributed by atoms with E-state index in [1.165, 1.54) is 25.3 Å². The van der Waals surface area contributed by atoms with E-state index in [1.807, 2.05) is 26.0 Å². The average Bonchev–Trinajstić information content (AvgIpc) is 2.61. The molecule has 1 aromatic carbocycles. The summed E-state index contributed by atoms with van der Waals surface area (Å²) in [7, 11) is 1.44. The third kappa shape index (κ3) is 4.01. The van der Waals surface area contributed by atoms with E-state index in [2.05, 4.69) is 10.3 Å². The second-order valence-electron chi connectivity index (χ2n) is 5.27. The number of carbonyl (C=O) groups is 1. The summed E-state index contributed by atoms with van der Waals surface area (Å²) in [6, 6.07) is 7.51. The Bertz CT molecular complexity index is 679. The first-order valence-electron chi connectivity index (χ1n) is 7.91. The smallest absolute Gasteiger partial charge is 0.322 e. The van der Waals surface area contributed by atoms with Gasteiger partial charge in [-0.2, -0.15) is 0 Å². The monoisotopic (exact) mass is 331 g/mol. The maximum absolute atomic E-state index is 13.3. The summed E-state index contributed by atoms with van der Waals surface area (Å²) in [5.41, 5.74) is 1.46. The number of halogens is 1. The molecule has 0 saturated heterocycles. The molecule has 2 amide bonds. The van der Waals surface area contributed by atoms with Gasteiger partial charge in [-0.3, -0.25) is 4.98 Å². The molecule has 0 aliphatic rings. The Hall–Kier alpha value is -2.63. The van der Waals surface area contributed by atoms with Crippen LogP contribution in [-0.2, 0) is 0 Å². The lowest BCUT2D eigenvalue weighted by molar-refractivity contribution is 0.189. The van der Waals surface area contributed by atoms with Gasteiger partial charge in [-0.15, -0.1) is 0 Å². The Balaban J connectivity index is 2.22. The first kappa shape index (κ1) is 17.7.